The van der Waals surface area contributed by atoms with Crippen LogP contribution in [-0.2, 0) is 0 Å². The van der Waals surface area contributed by atoms with Crippen LogP contribution in [0.3, 0.4) is 0 Å². The number of thiophene rings is 3. The summed E-state index contributed by atoms with van der Waals surface area (Å²) in [6, 6.07) is 80.9. The maximum atomic E-state index is 5.36. The molecular weight excluding hydrogens is 973 g/mol. The Hall–Kier alpha value is -9.12. The lowest BCUT2D eigenvalue weighted by Crippen LogP contribution is -2.01. The Morgan fingerprint density at radius 3 is 1.16 bits per heavy atom. The first kappa shape index (κ1) is 43.5. The molecule has 0 amide bonds. The van der Waals surface area contributed by atoms with Crippen molar-refractivity contribution in [1.29, 1.82) is 0 Å². The van der Waals surface area contributed by atoms with Crippen molar-refractivity contribution >= 4 is 94.5 Å². The molecule has 0 spiro atoms. The molecule has 75 heavy (non-hydrogen) atoms. The van der Waals surface area contributed by atoms with Gasteiger partial charge >= 0.3 is 0 Å². The quantitative estimate of drug-likeness (QED) is 0.151. The van der Waals surface area contributed by atoms with Gasteiger partial charge < -0.3 is 0 Å². The van der Waals surface area contributed by atoms with E-state index in [-0.39, 0.29) is 0 Å². The first-order valence-corrected chi connectivity index (χ1v) is 27.2. The number of aromatic nitrogens is 6. The minimum Gasteiger partial charge on any atom is -0.208 e. The molecule has 0 saturated carbocycles. The minimum atomic E-state index is 0.605. The van der Waals surface area contributed by atoms with Crippen LogP contribution in [0.15, 0.2) is 231 Å². The molecule has 10 aromatic carbocycles. The average molecular weight is 1010 g/mol. The van der Waals surface area contributed by atoms with Crippen molar-refractivity contribution in [2.24, 2.45) is 0 Å². The van der Waals surface area contributed by atoms with Gasteiger partial charge in [0.15, 0.2) is 34.9 Å². The zero-order chi connectivity index (χ0) is 49.4. The van der Waals surface area contributed by atoms with E-state index in [0.717, 1.165) is 70.4 Å². The van der Waals surface area contributed by atoms with E-state index in [1.54, 1.807) is 22.7 Å². The monoisotopic (exact) mass is 1010 g/mol. The molecular formula is C66H38N6S3. The molecule has 0 N–H and O–H groups in total. The normalized spacial score (nSPS) is 11.7. The van der Waals surface area contributed by atoms with E-state index >= 15 is 0 Å². The third-order valence-corrected chi connectivity index (χ3v) is 17.7. The standard InChI is InChI=1S/C66H38N6S3/c1-3-17-40(18-4-1)61-67-63(69-64(68-61)50-24-8-7-21-44(50)47-26-15-27-48-45-22-9-12-30-54(45)73-58(47)48)42-35-33-39(34-36-42)43-37-38-53(60-57(43)51-25-11-14-32-56(51)75-60)66-71-62(41-19-5-2-6-20-41)70-65(72-66)52-29-16-28-49-46-23-10-13-31-55(46)74-59(49)52/h1-38H. The predicted octanol–water partition coefficient (Wildman–Crippen LogP) is 18.5. The highest BCUT2D eigenvalue weighted by molar-refractivity contribution is 7.27. The van der Waals surface area contributed by atoms with Crippen LogP contribution in [0.5, 0.6) is 0 Å². The average Bonchev–Trinajstić information content (AvgIpc) is 4.22. The van der Waals surface area contributed by atoms with Gasteiger partial charge in [-0.05, 0) is 47.0 Å². The molecule has 0 aliphatic rings. The van der Waals surface area contributed by atoms with E-state index in [1.165, 1.54) is 45.7 Å². The van der Waals surface area contributed by atoms with Crippen LogP contribution >= 0.6 is 34.0 Å². The van der Waals surface area contributed by atoms with Gasteiger partial charge in [-0.3, -0.25) is 0 Å². The summed E-state index contributed by atoms with van der Waals surface area (Å²) < 4.78 is 7.23. The summed E-state index contributed by atoms with van der Waals surface area (Å²) in [5.41, 5.74) is 10.1. The fraction of sp³-hybridized carbons (Fsp3) is 0. The van der Waals surface area contributed by atoms with Crippen molar-refractivity contribution < 1.29 is 0 Å². The van der Waals surface area contributed by atoms with Gasteiger partial charge in [-0.1, -0.05) is 200 Å². The summed E-state index contributed by atoms with van der Waals surface area (Å²) in [6.45, 7) is 0. The van der Waals surface area contributed by atoms with Crippen LogP contribution in [0, 0.1) is 0 Å². The predicted molar refractivity (Wildman–Crippen MR) is 315 cm³/mol. The maximum Gasteiger partial charge on any atom is 0.165 e. The molecule has 0 radical (unpaired) electrons. The summed E-state index contributed by atoms with van der Waals surface area (Å²) in [6.07, 6.45) is 0. The lowest BCUT2D eigenvalue weighted by atomic mass is 9.96. The van der Waals surface area contributed by atoms with Crippen molar-refractivity contribution in [3.8, 4) is 90.6 Å². The van der Waals surface area contributed by atoms with Crippen molar-refractivity contribution in [2.45, 2.75) is 0 Å². The lowest BCUT2D eigenvalue weighted by molar-refractivity contribution is 1.07. The maximum absolute atomic E-state index is 5.36. The van der Waals surface area contributed by atoms with Crippen molar-refractivity contribution in [3.63, 3.8) is 0 Å². The number of hydrogen-bond acceptors (Lipinski definition) is 9. The summed E-state index contributed by atoms with van der Waals surface area (Å²) >= 11 is 5.38. The van der Waals surface area contributed by atoms with Crippen molar-refractivity contribution in [1.82, 2.24) is 29.9 Å². The first-order valence-electron chi connectivity index (χ1n) is 24.8. The highest BCUT2D eigenvalue weighted by Crippen LogP contribution is 2.47. The Morgan fingerprint density at radius 1 is 0.200 bits per heavy atom. The van der Waals surface area contributed by atoms with E-state index < -0.39 is 0 Å². The second kappa shape index (κ2) is 17.8. The molecule has 9 heteroatoms. The Labute approximate surface area is 442 Å². The SMILES string of the molecule is c1ccc(-c2nc(-c3ccc(-c4ccc(-c5nc(-c6ccccc6)nc(-c6cccc7c6sc6ccccc67)n5)c5sc6ccccc6c45)cc3)nc(-c3ccccc3-c3cccc4c3sc3ccccc34)n2)cc1. The molecule has 15 aromatic rings. The van der Waals surface area contributed by atoms with Gasteiger partial charge in [0.2, 0.25) is 0 Å². The summed E-state index contributed by atoms with van der Waals surface area (Å²) in [4.78, 5) is 31.5. The van der Waals surface area contributed by atoms with Gasteiger partial charge in [-0.2, -0.15) is 0 Å². The zero-order valence-electron chi connectivity index (χ0n) is 39.8. The highest BCUT2D eigenvalue weighted by Gasteiger charge is 2.23. The van der Waals surface area contributed by atoms with Crippen LogP contribution in [0.1, 0.15) is 0 Å². The molecule has 0 saturated heterocycles. The van der Waals surface area contributed by atoms with Crippen LogP contribution in [0.25, 0.3) is 151 Å². The number of benzene rings is 10. The summed E-state index contributed by atoms with van der Waals surface area (Å²) in [5.74, 6) is 3.77. The van der Waals surface area contributed by atoms with Gasteiger partial charge in [0.1, 0.15) is 0 Å². The number of fused-ring (bicyclic) bond motifs is 9. The van der Waals surface area contributed by atoms with E-state index in [1.807, 2.05) is 47.7 Å². The first-order chi connectivity index (χ1) is 37.2. The fourth-order valence-corrected chi connectivity index (χ4v) is 14.2. The van der Waals surface area contributed by atoms with Gasteiger partial charge in [-0.15, -0.1) is 34.0 Å². The Bertz CT molecular complexity index is 4720. The molecule has 350 valence electrons. The van der Waals surface area contributed by atoms with E-state index in [0.29, 0.717) is 34.9 Å². The number of nitrogens with zero attached hydrogens (tertiary/aromatic N) is 6. The molecule has 6 nitrogen and oxygen atoms in total. The van der Waals surface area contributed by atoms with Gasteiger partial charge in [0, 0.05) is 99.5 Å². The fourth-order valence-electron chi connectivity index (χ4n) is 10.5. The van der Waals surface area contributed by atoms with Crippen LogP contribution < -0.4 is 0 Å². The van der Waals surface area contributed by atoms with E-state index in [9.17, 15) is 0 Å². The molecule has 15 rings (SSSR count). The van der Waals surface area contributed by atoms with E-state index in [2.05, 4.69) is 194 Å². The van der Waals surface area contributed by atoms with Crippen molar-refractivity contribution in [3.05, 3.63) is 231 Å². The number of hydrogen-bond donors (Lipinski definition) is 0. The number of rotatable bonds is 8. The molecule has 0 unspecified atom stereocenters. The Balaban J connectivity index is 0.862. The smallest absolute Gasteiger partial charge is 0.165 e. The third-order valence-electron chi connectivity index (χ3n) is 14.1. The lowest BCUT2D eigenvalue weighted by Gasteiger charge is -2.13. The minimum absolute atomic E-state index is 0.605. The summed E-state index contributed by atoms with van der Waals surface area (Å²) in [5, 5.41) is 7.31. The van der Waals surface area contributed by atoms with Gasteiger partial charge in [-0.25, -0.2) is 29.9 Å². The molecule has 0 bridgehead atoms. The molecule has 0 aliphatic heterocycles. The third kappa shape index (κ3) is 7.42. The molecule has 5 heterocycles. The van der Waals surface area contributed by atoms with E-state index in [4.69, 9.17) is 29.9 Å². The second-order valence-corrected chi connectivity index (χ2v) is 21.6. The van der Waals surface area contributed by atoms with Crippen LogP contribution in [-0.4, -0.2) is 29.9 Å². The molecule has 0 atom stereocenters. The summed E-state index contributed by atoms with van der Waals surface area (Å²) in [7, 11) is 0. The largest absolute Gasteiger partial charge is 0.208 e. The highest BCUT2D eigenvalue weighted by atomic mass is 32.1. The Kier molecular flexibility index (Phi) is 10.3. The molecule has 5 aromatic heterocycles. The van der Waals surface area contributed by atoms with Crippen LogP contribution in [0.4, 0.5) is 0 Å². The zero-order valence-corrected chi connectivity index (χ0v) is 42.3. The second-order valence-electron chi connectivity index (χ2n) is 18.5. The Morgan fingerprint density at radius 2 is 0.560 bits per heavy atom. The van der Waals surface area contributed by atoms with Gasteiger partial charge in [0.05, 0.1) is 0 Å². The topological polar surface area (TPSA) is 77.3 Å². The van der Waals surface area contributed by atoms with Crippen molar-refractivity contribution in [2.75, 3.05) is 0 Å². The molecule has 0 fully saturated rings. The molecule has 0 aliphatic carbocycles. The van der Waals surface area contributed by atoms with Gasteiger partial charge in [0.25, 0.3) is 0 Å². The van der Waals surface area contributed by atoms with Crippen LogP contribution in [0.2, 0.25) is 0 Å².